The second-order valence-corrected chi connectivity index (χ2v) is 8.75. The Hall–Kier alpha value is -4.66. The minimum absolute atomic E-state index is 0.0683. The summed E-state index contributed by atoms with van der Waals surface area (Å²) in [5.41, 5.74) is -9.30. The molecule has 0 aliphatic carbocycles. The number of aryl methyl sites for hydroxylation is 2. The van der Waals surface area contributed by atoms with Gasteiger partial charge in [-0.2, -0.15) is 13.2 Å². The summed E-state index contributed by atoms with van der Waals surface area (Å²) in [4.78, 5) is 52.7. The van der Waals surface area contributed by atoms with Crippen LogP contribution in [0.1, 0.15) is 30.7 Å². The lowest BCUT2D eigenvalue weighted by Gasteiger charge is -2.21. The van der Waals surface area contributed by atoms with Crippen LogP contribution in [0.3, 0.4) is 0 Å². The zero-order valence-electron chi connectivity index (χ0n) is 20.5. The van der Waals surface area contributed by atoms with Crippen LogP contribution in [0.5, 0.6) is 0 Å². The number of fused-ring (bicyclic) bond motifs is 1. The van der Waals surface area contributed by atoms with E-state index in [9.17, 15) is 43.0 Å². The molecule has 40 heavy (non-hydrogen) atoms. The number of nitrogens with zero attached hydrogens (tertiary/aromatic N) is 5. The number of alkyl halides is 3. The van der Waals surface area contributed by atoms with Crippen molar-refractivity contribution < 1.29 is 27.4 Å². The van der Waals surface area contributed by atoms with E-state index in [1.165, 1.54) is 12.4 Å². The molecular weight excluding hydrogens is 566 g/mol. The molecule has 16 heteroatoms. The van der Waals surface area contributed by atoms with Gasteiger partial charge in [-0.1, -0.05) is 31.5 Å². The fraction of sp³-hybridized carbons (Fsp3) is 0.208. The Morgan fingerprint density at radius 2 is 1.55 bits per heavy atom. The predicted molar refractivity (Wildman–Crippen MR) is 135 cm³/mol. The molecule has 0 atom stereocenters. The standard InChI is InChI=1S/C24H16ClF4N5O6/c1-3-11-9-30-10-12(4-2)18(11)32-19-13(17(25)21(23(32)36)34(39)40)8-16(24(27,28)29)31(22(19)35)20-14(26)6-5-7-15(20)33(37)38/h5-10H,3-4H2,1-2H3. The minimum Gasteiger partial charge on any atom is -0.267 e. The van der Waals surface area contributed by atoms with Crippen LogP contribution in [0, 0.1) is 26.0 Å². The Balaban J connectivity index is 2.44. The zero-order valence-corrected chi connectivity index (χ0v) is 21.2. The lowest BCUT2D eigenvalue weighted by Crippen LogP contribution is -2.34. The molecule has 0 aliphatic heterocycles. The molecular formula is C24H16ClF4N5O6. The van der Waals surface area contributed by atoms with Crippen LogP contribution in [0.15, 0.2) is 46.2 Å². The summed E-state index contributed by atoms with van der Waals surface area (Å²) in [5.74, 6) is -1.55. The molecule has 11 nitrogen and oxygen atoms in total. The third kappa shape index (κ3) is 4.37. The molecule has 0 unspecified atom stereocenters. The van der Waals surface area contributed by atoms with Crippen molar-refractivity contribution in [1.82, 2.24) is 14.1 Å². The number of benzene rings is 1. The lowest BCUT2D eigenvalue weighted by atomic mass is 10.0. The molecule has 0 saturated heterocycles. The average Bonchev–Trinajstić information content (AvgIpc) is 2.88. The van der Waals surface area contributed by atoms with Crippen LogP contribution in [0.25, 0.3) is 22.3 Å². The summed E-state index contributed by atoms with van der Waals surface area (Å²) >= 11 is 6.09. The van der Waals surface area contributed by atoms with Gasteiger partial charge in [0.25, 0.3) is 11.2 Å². The predicted octanol–water partition coefficient (Wildman–Crippen LogP) is 5.29. The van der Waals surface area contributed by atoms with Gasteiger partial charge in [0, 0.05) is 23.8 Å². The van der Waals surface area contributed by atoms with Gasteiger partial charge in [0.05, 0.1) is 15.5 Å². The first-order chi connectivity index (χ1) is 18.8. The van der Waals surface area contributed by atoms with Crippen molar-refractivity contribution in [1.29, 1.82) is 0 Å². The molecule has 4 aromatic rings. The minimum atomic E-state index is -5.44. The van der Waals surface area contributed by atoms with Gasteiger partial charge in [0.15, 0.2) is 11.5 Å². The van der Waals surface area contributed by atoms with Crippen molar-refractivity contribution in [2.75, 3.05) is 0 Å². The molecule has 0 radical (unpaired) electrons. The fourth-order valence-electron chi connectivity index (χ4n) is 4.44. The summed E-state index contributed by atoms with van der Waals surface area (Å²) in [5, 5.41) is 21.6. The highest BCUT2D eigenvalue weighted by Gasteiger charge is 2.40. The highest BCUT2D eigenvalue weighted by molar-refractivity contribution is 6.37. The SMILES string of the molecule is CCc1cncc(CC)c1-n1c(=O)c([N+](=O)[O-])c(Cl)c2cc(C(F)(F)F)n(-c3c(F)cccc3[N+](=O)[O-])c(=O)c21. The van der Waals surface area contributed by atoms with Crippen molar-refractivity contribution in [2.45, 2.75) is 32.9 Å². The second kappa shape index (κ2) is 10.1. The number of nitro groups is 2. The normalized spacial score (nSPS) is 11.7. The second-order valence-electron chi connectivity index (χ2n) is 8.37. The summed E-state index contributed by atoms with van der Waals surface area (Å²) in [7, 11) is 0. The molecule has 1 aromatic carbocycles. The number of nitro benzene ring substituents is 1. The van der Waals surface area contributed by atoms with Crippen LogP contribution in [-0.2, 0) is 19.0 Å². The molecule has 0 saturated carbocycles. The highest BCUT2D eigenvalue weighted by atomic mass is 35.5. The first kappa shape index (κ1) is 28.4. The van der Waals surface area contributed by atoms with Gasteiger partial charge < -0.3 is 0 Å². The Morgan fingerprint density at radius 1 is 0.950 bits per heavy atom. The Labute approximate surface area is 225 Å². The average molecular weight is 582 g/mol. The van der Waals surface area contributed by atoms with Crippen LogP contribution < -0.4 is 11.1 Å². The van der Waals surface area contributed by atoms with E-state index < -0.39 is 71.6 Å². The third-order valence-corrected chi connectivity index (χ3v) is 6.55. The van der Waals surface area contributed by atoms with Crippen molar-refractivity contribution in [3.63, 3.8) is 0 Å². The van der Waals surface area contributed by atoms with Crippen LogP contribution in [0.4, 0.5) is 28.9 Å². The molecule has 0 N–H and O–H groups in total. The van der Waals surface area contributed by atoms with E-state index in [4.69, 9.17) is 11.6 Å². The molecule has 208 valence electrons. The van der Waals surface area contributed by atoms with E-state index in [1.54, 1.807) is 13.8 Å². The van der Waals surface area contributed by atoms with E-state index >= 15 is 4.39 Å². The smallest absolute Gasteiger partial charge is 0.267 e. The van der Waals surface area contributed by atoms with Gasteiger partial charge >= 0.3 is 17.4 Å². The molecule has 0 spiro atoms. The number of halogens is 5. The number of hydrogen-bond donors (Lipinski definition) is 0. The molecule has 3 heterocycles. The quantitative estimate of drug-likeness (QED) is 0.171. The topological polar surface area (TPSA) is 143 Å². The Kier molecular flexibility index (Phi) is 7.19. The number of hydrogen-bond acceptors (Lipinski definition) is 7. The fourth-order valence-corrected chi connectivity index (χ4v) is 4.73. The summed E-state index contributed by atoms with van der Waals surface area (Å²) < 4.78 is 58.3. The maximum absolute atomic E-state index is 15.0. The van der Waals surface area contributed by atoms with Gasteiger partial charge in [-0.05, 0) is 36.1 Å². The van der Waals surface area contributed by atoms with Gasteiger partial charge in [0.1, 0.15) is 16.2 Å². The summed E-state index contributed by atoms with van der Waals surface area (Å²) in [6.45, 7) is 3.28. The van der Waals surface area contributed by atoms with Gasteiger partial charge in [-0.3, -0.25) is 43.9 Å². The van der Waals surface area contributed by atoms with E-state index in [1.807, 2.05) is 0 Å². The molecule has 0 fully saturated rings. The van der Waals surface area contributed by atoms with Crippen molar-refractivity contribution >= 4 is 33.9 Å². The highest BCUT2D eigenvalue weighted by Crippen LogP contribution is 2.38. The third-order valence-electron chi connectivity index (χ3n) is 6.17. The van der Waals surface area contributed by atoms with Crippen molar-refractivity contribution in [2.24, 2.45) is 0 Å². The van der Waals surface area contributed by atoms with Gasteiger partial charge in [0.2, 0.25) is 0 Å². The zero-order chi connectivity index (χ0) is 29.7. The number of pyridine rings is 3. The van der Waals surface area contributed by atoms with Crippen molar-refractivity contribution in [3.05, 3.63) is 105 Å². The van der Waals surface area contributed by atoms with Gasteiger partial charge in [-0.15, -0.1) is 0 Å². The number of rotatable bonds is 6. The summed E-state index contributed by atoms with van der Waals surface area (Å²) in [6.07, 6.45) is -2.49. The molecule has 0 amide bonds. The Bertz CT molecular complexity index is 1830. The first-order valence-corrected chi connectivity index (χ1v) is 11.8. The monoisotopic (exact) mass is 581 g/mol. The first-order valence-electron chi connectivity index (χ1n) is 11.4. The van der Waals surface area contributed by atoms with E-state index in [-0.39, 0.29) is 29.2 Å². The molecule has 0 aliphatic rings. The number of para-hydroxylation sites is 1. The molecule has 4 rings (SSSR count). The van der Waals surface area contributed by atoms with Crippen molar-refractivity contribution in [3.8, 4) is 11.4 Å². The largest absolute Gasteiger partial charge is 0.431 e. The summed E-state index contributed by atoms with van der Waals surface area (Å²) in [6, 6.07) is 2.39. The maximum Gasteiger partial charge on any atom is 0.431 e. The van der Waals surface area contributed by atoms with Crippen LogP contribution in [-0.4, -0.2) is 24.0 Å². The molecule has 3 aromatic heterocycles. The molecule has 0 bridgehead atoms. The van der Waals surface area contributed by atoms with E-state index in [2.05, 4.69) is 4.98 Å². The van der Waals surface area contributed by atoms with E-state index in [0.29, 0.717) is 27.8 Å². The Morgan fingerprint density at radius 3 is 2.05 bits per heavy atom. The van der Waals surface area contributed by atoms with Gasteiger partial charge in [-0.25, -0.2) is 4.39 Å². The van der Waals surface area contributed by atoms with Crippen LogP contribution in [0.2, 0.25) is 5.02 Å². The lowest BCUT2D eigenvalue weighted by molar-refractivity contribution is -0.386. The van der Waals surface area contributed by atoms with Crippen LogP contribution >= 0.6 is 11.6 Å². The van der Waals surface area contributed by atoms with E-state index in [0.717, 1.165) is 6.07 Å². The maximum atomic E-state index is 15.0. The number of aromatic nitrogens is 3.